The van der Waals surface area contributed by atoms with E-state index in [4.69, 9.17) is 9.05 Å². The summed E-state index contributed by atoms with van der Waals surface area (Å²) in [5.41, 5.74) is 0. The first kappa shape index (κ1) is 65.0. The van der Waals surface area contributed by atoms with Crippen LogP contribution in [0.5, 0.6) is 0 Å². The standard InChI is InChI=1S/C57H113N2O6P/c1-6-8-10-12-14-16-18-20-22-24-26-27-28-29-30-31-32-33-34-36-38-40-42-44-46-48-50-56(60)55(54-65-66(62,63)64-53-52-59(3,4)5)58-57(61)51-49-47-45-43-41-39-37-35-25-23-21-19-17-15-13-11-9-7-2/h17,19,23,25,55-56,60H,6-16,18,20-22,24,26-54H2,1-5H3,(H-,58,61,62,63)/b19-17-,25-23-. The first-order chi connectivity index (χ1) is 32.0. The predicted molar refractivity (Wildman–Crippen MR) is 284 cm³/mol. The highest BCUT2D eigenvalue weighted by atomic mass is 31.2. The molecule has 0 heterocycles. The number of nitrogens with one attached hydrogen (secondary N) is 1. The van der Waals surface area contributed by atoms with E-state index in [0.717, 1.165) is 51.4 Å². The van der Waals surface area contributed by atoms with Crippen LogP contribution in [0.3, 0.4) is 0 Å². The summed E-state index contributed by atoms with van der Waals surface area (Å²) in [6.45, 7) is 4.73. The number of likely N-dealkylation sites (N-methyl/N-ethyl adjacent to an activating group) is 1. The van der Waals surface area contributed by atoms with Gasteiger partial charge in [-0.3, -0.25) is 9.36 Å². The zero-order chi connectivity index (χ0) is 48.5. The molecule has 0 aliphatic carbocycles. The van der Waals surface area contributed by atoms with Crippen LogP contribution in [0, 0.1) is 0 Å². The summed E-state index contributed by atoms with van der Waals surface area (Å²) in [7, 11) is 1.31. The summed E-state index contributed by atoms with van der Waals surface area (Å²) in [5, 5.41) is 14.0. The van der Waals surface area contributed by atoms with E-state index in [1.165, 1.54) is 205 Å². The number of amides is 1. The molecule has 3 unspecified atom stereocenters. The van der Waals surface area contributed by atoms with Gasteiger partial charge in [-0.25, -0.2) is 0 Å². The molecule has 66 heavy (non-hydrogen) atoms. The first-order valence-electron chi connectivity index (χ1n) is 28.7. The quantitative estimate of drug-likeness (QED) is 0.0272. The zero-order valence-corrected chi connectivity index (χ0v) is 45.6. The van der Waals surface area contributed by atoms with Crippen LogP contribution in [0.15, 0.2) is 24.3 Å². The van der Waals surface area contributed by atoms with Crippen LogP contribution in [0.2, 0.25) is 0 Å². The molecule has 0 bridgehead atoms. The number of unbranched alkanes of at least 4 members (excludes halogenated alkanes) is 36. The number of allylic oxidation sites excluding steroid dienone is 4. The third kappa shape index (κ3) is 50.8. The molecular weight excluding hydrogens is 840 g/mol. The van der Waals surface area contributed by atoms with Crippen LogP contribution >= 0.6 is 7.82 Å². The number of quaternary nitrogens is 1. The van der Waals surface area contributed by atoms with Crippen LogP contribution in [0.4, 0.5) is 0 Å². The van der Waals surface area contributed by atoms with Gasteiger partial charge in [0.1, 0.15) is 13.2 Å². The number of nitrogens with zero attached hydrogens (tertiary/aromatic N) is 1. The van der Waals surface area contributed by atoms with E-state index in [1.807, 2.05) is 21.1 Å². The number of carbonyl (C=O) groups is 1. The summed E-state index contributed by atoms with van der Waals surface area (Å²) in [5.74, 6) is -0.169. The second kappa shape index (κ2) is 49.0. The molecule has 0 spiro atoms. The van der Waals surface area contributed by atoms with Gasteiger partial charge in [0.05, 0.1) is 39.9 Å². The molecule has 2 N–H and O–H groups in total. The molecule has 0 radical (unpaired) electrons. The lowest BCUT2D eigenvalue weighted by Crippen LogP contribution is -2.46. The summed E-state index contributed by atoms with van der Waals surface area (Å²) in [4.78, 5) is 25.5. The predicted octanol–water partition coefficient (Wildman–Crippen LogP) is 16.6. The van der Waals surface area contributed by atoms with Gasteiger partial charge >= 0.3 is 0 Å². The minimum atomic E-state index is -4.57. The second-order valence-electron chi connectivity index (χ2n) is 21.0. The van der Waals surface area contributed by atoms with Crippen LogP contribution in [0.25, 0.3) is 0 Å². The Morgan fingerprint density at radius 3 is 1.27 bits per heavy atom. The van der Waals surface area contributed by atoms with Gasteiger partial charge in [0.2, 0.25) is 5.91 Å². The molecule has 392 valence electrons. The van der Waals surface area contributed by atoms with Gasteiger partial charge in [-0.1, -0.05) is 256 Å². The Morgan fingerprint density at radius 2 is 0.879 bits per heavy atom. The lowest BCUT2D eigenvalue weighted by Gasteiger charge is -2.30. The van der Waals surface area contributed by atoms with E-state index in [2.05, 4.69) is 43.5 Å². The Balaban J connectivity index is 4.14. The van der Waals surface area contributed by atoms with E-state index >= 15 is 0 Å². The number of aliphatic hydroxyl groups is 1. The van der Waals surface area contributed by atoms with Gasteiger partial charge in [-0.05, 0) is 44.9 Å². The van der Waals surface area contributed by atoms with Crippen molar-refractivity contribution in [2.45, 2.75) is 296 Å². The van der Waals surface area contributed by atoms with Gasteiger partial charge < -0.3 is 28.8 Å². The molecule has 1 amide bonds. The number of rotatable bonds is 53. The van der Waals surface area contributed by atoms with E-state index in [0.29, 0.717) is 23.9 Å². The van der Waals surface area contributed by atoms with Crippen molar-refractivity contribution in [3.63, 3.8) is 0 Å². The molecular formula is C57H113N2O6P. The maximum Gasteiger partial charge on any atom is 0.268 e. The molecule has 0 aliphatic heterocycles. The molecule has 9 heteroatoms. The average molecular weight is 954 g/mol. The largest absolute Gasteiger partial charge is 0.756 e. The second-order valence-corrected chi connectivity index (χ2v) is 22.4. The van der Waals surface area contributed by atoms with Crippen molar-refractivity contribution in [3.05, 3.63) is 24.3 Å². The van der Waals surface area contributed by atoms with Gasteiger partial charge in [0.15, 0.2) is 0 Å². The molecule has 8 nitrogen and oxygen atoms in total. The summed E-state index contributed by atoms with van der Waals surface area (Å²) < 4.78 is 23.4. The van der Waals surface area contributed by atoms with E-state index in [1.54, 1.807) is 0 Å². The summed E-state index contributed by atoms with van der Waals surface area (Å²) in [6, 6.07) is -0.804. The number of hydrogen-bond acceptors (Lipinski definition) is 6. The van der Waals surface area contributed by atoms with Crippen LogP contribution in [0.1, 0.15) is 284 Å². The fraction of sp³-hybridized carbons (Fsp3) is 0.912. The van der Waals surface area contributed by atoms with E-state index < -0.39 is 20.0 Å². The van der Waals surface area contributed by atoms with Crippen molar-refractivity contribution in [3.8, 4) is 0 Å². The van der Waals surface area contributed by atoms with Gasteiger partial charge in [0.25, 0.3) is 7.82 Å². The van der Waals surface area contributed by atoms with E-state index in [9.17, 15) is 19.4 Å². The number of phosphoric acid groups is 1. The fourth-order valence-electron chi connectivity index (χ4n) is 8.66. The Labute approximate surface area is 411 Å². The third-order valence-corrected chi connectivity index (χ3v) is 14.2. The highest BCUT2D eigenvalue weighted by Gasteiger charge is 2.24. The molecule has 0 saturated carbocycles. The monoisotopic (exact) mass is 953 g/mol. The normalized spacial score (nSPS) is 14.1. The molecule has 0 fully saturated rings. The summed E-state index contributed by atoms with van der Waals surface area (Å²) >= 11 is 0. The minimum absolute atomic E-state index is 0.0116. The molecule has 0 aromatic heterocycles. The number of aliphatic hydroxyl groups excluding tert-OH is 1. The van der Waals surface area contributed by atoms with Crippen LogP contribution < -0.4 is 10.2 Å². The Morgan fingerprint density at radius 1 is 0.530 bits per heavy atom. The van der Waals surface area contributed by atoms with Crippen molar-refractivity contribution < 1.29 is 32.9 Å². The van der Waals surface area contributed by atoms with Crippen molar-refractivity contribution in [1.82, 2.24) is 5.32 Å². The highest BCUT2D eigenvalue weighted by Crippen LogP contribution is 2.38. The van der Waals surface area contributed by atoms with Crippen LogP contribution in [-0.2, 0) is 18.4 Å². The van der Waals surface area contributed by atoms with Crippen LogP contribution in [-0.4, -0.2) is 68.5 Å². The van der Waals surface area contributed by atoms with Crippen molar-refractivity contribution >= 4 is 13.7 Å². The first-order valence-corrected chi connectivity index (χ1v) is 30.1. The van der Waals surface area contributed by atoms with Crippen molar-refractivity contribution in [1.29, 1.82) is 0 Å². The Kier molecular flexibility index (Phi) is 48.2. The number of phosphoric ester groups is 1. The smallest absolute Gasteiger partial charge is 0.268 e. The van der Waals surface area contributed by atoms with Gasteiger partial charge in [-0.15, -0.1) is 0 Å². The SMILES string of the molecule is CCCCCC/C=C\C/C=C\CCCCCCCCCC(=O)NC(COP(=O)([O-])OCC[N+](C)(C)C)C(O)CCCCCCCCCCCCCCCCCCCCCCCCCCCC. The van der Waals surface area contributed by atoms with Crippen molar-refractivity contribution in [2.75, 3.05) is 40.9 Å². The maximum atomic E-state index is 13.0. The minimum Gasteiger partial charge on any atom is -0.756 e. The van der Waals surface area contributed by atoms with E-state index in [-0.39, 0.29) is 19.1 Å². The maximum absolute atomic E-state index is 13.0. The molecule has 3 atom stereocenters. The molecule has 0 aliphatic rings. The number of hydrogen-bond donors (Lipinski definition) is 2. The lowest BCUT2D eigenvalue weighted by atomic mass is 10.0. The molecule has 0 rings (SSSR count). The Bertz CT molecular complexity index is 1130. The van der Waals surface area contributed by atoms with Crippen molar-refractivity contribution in [2.24, 2.45) is 0 Å². The van der Waals surface area contributed by atoms with Gasteiger partial charge in [-0.2, -0.15) is 0 Å². The third-order valence-electron chi connectivity index (χ3n) is 13.2. The fourth-order valence-corrected chi connectivity index (χ4v) is 9.38. The topological polar surface area (TPSA) is 108 Å². The molecule has 0 aromatic rings. The molecule has 0 aromatic carbocycles. The lowest BCUT2D eigenvalue weighted by molar-refractivity contribution is -0.870. The summed E-state index contributed by atoms with van der Waals surface area (Å²) in [6.07, 6.45) is 60.6. The Hall–Kier alpha value is -1.02. The molecule has 0 saturated heterocycles. The zero-order valence-electron chi connectivity index (χ0n) is 44.7. The highest BCUT2D eigenvalue weighted by molar-refractivity contribution is 7.45. The van der Waals surface area contributed by atoms with Gasteiger partial charge in [0, 0.05) is 6.42 Å². The average Bonchev–Trinajstić information content (AvgIpc) is 3.28. The number of carbonyl (C=O) groups excluding carboxylic acids is 1.